The second-order valence-corrected chi connectivity index (χ2v) is 21.8. The first-order chi connectivity index (χ1) is 40.8. The first-order valence-corrected chi connectivity index (χ1v) is 28.8. The fourth-order valence-electron chi connectivity index (χ4n) is 9.73. The van der Waals surface area contributed by atoms with Gasteiger partial charge in [0.15, 0.2) is 28.7 Å². The van der Waals surface area contributed by atoms with Crippen molar-refractivity contribution in [2.75, 3.05) is 112 Å². The van der Waals surface area contributed by atoms with Crippen molar-refractivity contribution >= 4 is 73.0 Å². The van der Waals surface area contributed by atoms with Crippen molar-refractivity contribution in [2.45, 2.75) is 49.6 Å². The zero-order valence-electron chi connectivity index (χ0n) is 47.0. The van der Waals surface area contributed by atoms with E-state index in [2.05, 4.69) is 15.3 Å². The van der Waals surface area contributed by atoms with Gasteiger partial charge in [-0.25, -0.2) is 4.68 Å². The Morgan fingerprint density at radius 1 is 0.800 bits per heavy atom. The molecule has 0 saturated carbocycles. The number of alkyl halides is 1. The standard InChI is InChI=1S/C56H65ClN8O19S/c1-61(2)13-21-80-45-24-33-22-40(58-39(33)26-44(45)77-5)55(73)65-29-34(28-57)50-38-25-36(76-4)7-8-37(38)43(27-41(50)65)83-85(74,75)84-46-23-32(6-9-42(46)81-56-53(71)52(70)51(69)47(31-66)82-56)54(72)62(3)14-18-79-19-15-63-30-35(59-60-63)12-17-78-20-16-64-48(67)10-11-49(64)68/h6-11,22-27,30,34,47,51-53,56,58,66,69-71H,12-21,28-29,31H2,1-5H3/t34-,47-,51+,52+,53-,56-/m1/s1. The molecule has 5 N–H and O–H groups in total. The summed E-state index contributed by atoms with van der Waals surface area (Å²) >= 11 is 6.63. The fourth-order valence-corrected chi connectivity index (χ4v) is 10.7. The summed E-state index contributed by atoms with van der Waals surface area (Å²) < 4.78 is 81.9. The predicted molar refractivity (Wildman–Crippen MR) is 304 cm³/mol. The molecule has 0 bridgehead atoms. The molecule has 0 spiro atoms. The lowest BCUT2D eigenvalue weighted by Crippen LogP contribution is -2.60. The lowest BCUT2D eigenvalue weighted by atomic mass is 9.95. The molecule has 3 aliphatic heterocycles. The molecule has 5 heterocycles. The highest BCUT2D eigenvalue weighted by Crippen LogP contribution is 2.48. The number of amides is 4. The van der Waals surface area contributed by atoms with Crippen LogP contribution in [0.1, 0.15) is 38.0 Å². The number of aromatic nitrogens is 4. The molecule has 456 valence electrons. The second kappa shape index (κ2) is 27.2. The minimum Gasteiger partial charge on any atom is -0.497 e. The number of aromatic amines is 1. The van der Waals surface area contributed by atoms with Crippen molar-refractivity contribution < 1.29 is 89.5 Å². The molecule has 85 heavy (non-hydrogen) atoms. The predicted octanol–water partition coefficient (Wildman–Crippen LogP) is 2.01. The van der Waals surface area contributed by atoms with E-state index in [1.807, 2.05) is 19.0 Å². The Bertz CT molecular complexity index is 3540. The zero-order chi connectivity index (χ0) is 60.7. The van der Waals surface area contributed by atoms with Crippen LogP contribution in [0.5, 0.6) is 34.5 Å². The average molecular weight is 1220 g/mol. The first kappa shape index (κ1) is 61.9. The van der Waals surface area contributed by atoms with Crippen LogP contribution in [0.4, 0.5) is 5.69 Å². The van der Waals surface area contributed by atoms with E-state index in [4.69, 9.17) is 53.1 Å². The summed E-state index contributed by atoms with van der Waals surface area (Å²) in [5, 5.41) is 51.4. The van der Waals surface area contributed by atoms with Crippen molar-refractivity contribution in [1.29, 1.82) is 0 Å². The molecule has 2 aromatic heterocycles. The number of aliphatic hydroxyl groups excluding tert-OH is 4. The summed E-state index contributed by atoms with van der Waals surface area (Å²) in [6.07, 6.45) is -4.19. The number of likely N-dealkylation sites (N-methyl/N-ethyl adjacent to an activating group) is 2. The molecule has 6 aromatic rings. The van der Waals surface area contributed by atoms with Gasteiger partial charge in [0.05, 0.1) is 71.7 Å². The monoisotopic (exact) mass is 1220 g/mol. The van der Waals surface area contributed by atoms with Crippen molar-refractivity contribution in [3.63, 3.8) is 0 Å². The molecule has 0 unspecified atom stereocenters. The number of nitrogens with one attached hydrogen (secondary N) is 1. The molecule has 4 amide bonds. The largest absolute Gasteiger partial charge is 0.501 e. The maximum absolute atomic E-state index is 14.7. The first-order valence-electron chi connectivity index (χ1n) is 26.9. The highest BCUT2D eigenvalue weighted by Gasteiger charge is 2.45. The lowest BCUT2D eigenvalue weighted by molar-refractivity contribution is -0.277. The number of rotatable bonds is 28. The van der Waals surface area contributed by atoms with Crippen LogP contribution in [0.15, 0.2) is 79.0 Å². The van der Waals surface area contributed by atoms with Crippen LogP contribution in [-0.2, 0) is 47.2 Å². The Morgan fingerprint density at radius 2 is 1.55 bits per heavy atom. The van der Waals surface area contributed by atoms with Gasteiger partial charge in [-0.15, -0.1) is 25.1 Å². The van der Waals surface area contributed by atoms with E-state index >= 15 is 0 Å². The maximum Gasteiger partial charge on any atom is 0.501 e. The number of H-pyrrole nitrogens is 1. The van der Waals surface area contributed by atoms with Crippen molar-refractivity contribution in [1.82, 2.24) is 34.7 Å². The molecule has 1 fully saturated rings. The van der Waals surface area contributed by atoms with E-state index in [9.17, 15) is 48.0 Å². The van der Waals surface area contributed by atoms with E-state index < -0.39 is 76.9 Å². The Kier molecular flexibility index (Phi) is 19.8. The van der Waals surface area contributed by atoms with Crippen LogP contribution in [0.2, 0.25) is 0 Å². The van der Waals surface area contributed by atoms with Crippen molar-refractivity contribution in [2.24, 2.45) is 0 Å². The molecule has 29 heteroatoms. The van der Waals surface area contributed by atoms with Gasteiger partial charge in [-0.05, 0) is 73.6 Å². The number of aliphatic hydroxyl groups is 4. The Hall–Kier alpha value is -7.64. The normalized spacial score (nSPS) is 19.5. The van der Waals surface area contributed by atoms with E-state index in [0.29, 0.717) is 70.9 Å². The van der Waals surface area contributed by atoms with Crippen LogP contribution >= 0.6 is 11.6 Å². The van der Waals surface area contributed by atoms with Crippen LogP contribution in [0.25, 0.3) is 21.7 Å². The minimum atomic E-state index is -5.28. The smallest absolute Gasteiger partial charge is 0.497 e. The number of imide groups is 1. The van der Waals surface area contributed by atoms with Gasteiger partial charge in [0, 0.05) is 97.2 Å². The van der Waals surface area contributed by atoms with Crippen LogP contribution in [-0.4, -0.2) is 225 Å². The molecule has 27 nitrogen and oxygen atoms in total. The SMILES string of the molecule is COc1ccc2c(OS(=O)(=O)Oc3cc(C(=O)N(C)CCOCCn4cc(CCOCCN5C(=O)C=CC5=O)nn4)ccc3O[C@@H]3O[C@H](CO)[C@H](O)[C@H](O)[C@H]3O)cc3c(c2c1)[C@H](CCl)CN3C(=O)c1cc2cc(OCCN(C)C)c(OC)cc2[nH]1. The van der Waals surface area contributed by atoms with Gasteiger partial charge in [0.1, 0.15) is 42.5 Å². The summed E-state index contributed by atoms with van der Waals surface area (Å²) in [5.41, 5.74) is 2.19. The lowest BCUT2D eigenvalue weighted by Gasteiger charge is -2.39. The number of benzene rings is 4. The van der Waals surface area contributed by atoms with E-state index in [-0.39, 0.29) is 91.8 Å². The van der Waals surface area contributed by atoms with E-state index in [1.54, 1.807) is 47.3 Å². The molecular weight excluding hydrogens is 1160 g/mol. The highest BCUT2D eigenvalue weighted by atomic mass is 35.5. The summed E-state index contributed by atoms with van der Waals surface area (Å²) in [6, 6.07) is 14.9. The number of nitrogens with zero attached hydrogens (tertiary/aromatic N) is 7. The molecule has 6 atom stereocenters. The van der Waals surface area contributed by atoms with Gasteiger partial charge in [-0.2, -0.15) is 0 Å². The molecule has 9 rings (SSSR count). The van der Waals surface area contributed by atoms with Crippen LogP contribution in [0, 0.1) is 0 Å². The third-order valence-corrected chi connectivity index (χ3v) is 15.4. The number of ether oxygens (including phenoxy) is 7. The molecule has 0 aliphatic carbocycles. The fraction of sp³-hybridized carbons (Fsp3) is 0.429. The Morgan fingerprint density at radius 3 is 2.28 bits per heavy atom. The summed E-state index contributed by atoms with van der Waals surface area (Å²) in [7, 11) is 3.02. The number of carbonyl (C=O) groups excluding carboxylic acids is 4. The average Bonchev–Trinajstić information content (AvgIpc) is 3.52. The van der Waals surface area contributed by atoms with Crippen molar-refractivity contribution in [3.05, 3.63) is 102 Å². The zero-order valence-corrected chi connectivity index (χ0v) is 48.6. The van der Waals surface area contributed by atoms with E-state index in [1.165, 1.54) is 55.4 Å². The van der Waals surface area contributed by atoms with Crippen molar-refractivity contribution in [3.8, 4) is 34.5 Å². The molecule has 1 saturated heterocycles. The Balaban J connectivity index is 0.921. The molecule has 0 radical (unpaired) electrons. The second-order valence-electron chi connectivity index (χ2n) is 20.3. The van der Waals surface area contributed by atoms with Gasteiger partial charge in [0.2, 0.25) is 6.29 Å². The summed E-state index contributed by atoms with van der Waals surface area (Å²) in [4.78, 5) is 61.1. The van der Waals surface area contributed by atoms with Gasteiger partial charge >= 0.3 is 10.4 Å². The third kappa shape index (κ3) is 14.2. The minimum absolute atomic E-state index is 0.0622. The van der Waals surface area contributed by atoms with Crippen LogP contribution in [0.3, 0.4) is 0 Å². The number of hydrogen-bond donors (Lipinski definition) is 5. The van der Waals surface area contributed by atoms with Gasteiger partial charge < -0.3 is 81.6 Å². The van der Waals surface area contributed by atoms with E-state index in [0.717, 1.165) is 17.0 Å². The van der Waals surface area contributed by atoms with Gasteiger partial charge in [-0.3, -0.25) is 24.1 Å². The molecular formula is C56H65ClN8O19S. The van der Waals surface area contributed by atoms with Gasteiger partial charge in [-0.1, -0.05) is 5.21 Å². The maximum atomic E-state index is 14.7. The number of carbonyl (C=O) groups is 4. The highest BCUT2D eigenvalue weighted by molar-refractivity contribution is 7.82. The van der Waals surface area contributed by atoms with Crippen LogP contribution < -0.4 is 32.2 Å². The molecule has 3 aliphatic rings. The van der Waals surface area contributed by atoms with Gasteiger partial charge in [0.25, 0.3) is 23.6 Å². The summed E-state index contributed by atoms with van der Waals surface area (Å²) in [6.45, 7) is 1.56. The number of methoxy groups -OCH3 is 2. The topological polar surface area (TPSA) is 326 Å². The summed E-state index contributed by atoms with van der Waals surface area (Å²) in [5.74, 6) is -2.29. The number of anilines is 1. The number of hydrogen-bond acceptors (Lipinski definition) is 22. The molecule has 4 aromatic carbocycles. The quantitative estimate of drug-likeness (QED) is 0.0266. The third-order valence-electron chi connectivity index (χ3n) is 14.3. The number of fused-ring (bicyclic) bond motifs is 4. The number of halogens is 1. The Labute approximate surface area is 492 Å².